The Labute approximate surface area is 193 Å². The minimum absolute atomic E-state index is 0.179. The Kier molecular flexibility index (Phi) is 6.84. The molecule has 0 saturated carbocycles. The number of carbonyl (C=O) groups excluding carboxylic acids is 1. The van der Waals surface area contributed by atoms with E-state index in [0.29, 0.717) is 35.9 Å². The predicted molar refractivity (Wildman–Crippen MR) is 124 cm³/mol. The number of rotatable bonds is 9. The van der Waals surface area contributed by atoms with E-state index in [9.17, 15) is 9.59 Å². The van der Waals surface area contributed by atoms with Gasteiger partial charge in [0.25, 0.3) is 5.56 Å². The van der Waals surface area contributed by atoms with Crippen molar-refractivity contribution in [2.75, 3.05) is 20.8 Å². The van der Waals surface area contributed by atoms with Gasteiger partial charge in [0.05, 0.1) is 26.2 Å². The molecular formula is C23H22N4O5S. The van der Waals surface area contributed by atoms with E-state index >= 15 is 0 Å². The van der Waals surface area contributed by atoms with E-state index in [1.165, 1.54) is 23.7 Å². The second-order valence-corrected chi connectivity index (χ2v) is 7.86. The lowest BCUT2D eigenvalue weighted by Gasteiger charge is -2.08. The normalized spacial score (nSPS) is 10.7. The van der Waals surface area contributed by atoms with Crippen LogP contribution in [0.1, 0.15) is 5.69 Å². The van der Waals surface area contributed by atoms with Crippen molar-refractivity contribution < 1.29 is 18.7 Å². The lowest BCUT2D eigenvalue weighted by molar-refractivity contribution is -0.121. The molecule has 0 fully saturated rings. The minimum Gasteiger partial charge on any atom is -0.493 e. The summed E-state index contributed by atoms with van der Waals surface area (Å²) in [6, 6.07) is 12.0. The van der Waals surface area contributed by atoms with Crippen LogP contribution in [0.15, 0.2) is 63.3 Å². The van der Waals surface area contributed by atoms with Gasteiger partial charge in [0.15, 0.2) is 17.3 Å². The zero-order valence-corrected chi connectivity index (χ0v) is 18.9. The number of furan rings is 1. The van der Waals surface area contributed by atoms with Gasteiger partial charge in [0.2, 0.25) is 5.91 Å². The SMILES string of the molecule is COc1ccc(-c2nc(CCNC(=O)Cn3nc(-c4ccco4)ccc3=O)cs2)cc1OC. The highest BCUT2D eigenvalue weighted by molar-refractivity contribution is 7.13. The highest BCUT2D eigenvalue weighted by Crippen LogP contribution is 2.33. The average molecular weight is 467 g/mol. The minimum atomic E-state index is -0.362. The van der Waals surface area contributed by atoms with Crippen molar-refractivity contribution in [2.45, 2.75) is 13.0 Å². The standard InChI is InChI=1S/C23H22N4O5S/c1-30-19-7-5-15(12-20(19)31-2)23-25-16(14-33-23)9-10-24-21(28)13-27-22(29)8-6-17(26-27)18-4-3-11-32-18/h3-8,11-12,14H,9-10,13H2,1-2H3,(H,24,28). The Balaban J connectivity index is 1.33. The zero-order chi connectivity index (χ0) is 23.2. The van der Waals surface area contributed by atoms with Crippen LogP contribution in [0, 0.1) is 0 Å². The van der Waals surface area contributed by atoms with Gasteiger partial charge < -0.3 is 19.2 Å². The first-order valence-corrected chi connectivity index (χ1v) is 11.0. The Morgan fingerprint density at radius 2 is 2.00 bits per heavy atom. The van der Waals surface area contributed by atoms with Crippen LogP contribution in [-0.4, -0.2) is 41.4 Å². The zero-order valence-electron chi connectivity index (χ0n) is 18.1. The topological polar surface area (TPSA) is 108 Å². The van der Waals surface area contributed by atoms with Gasteiger partial charge in [-0.1, -0.05) is 0 Å². The Morgan fingerprint density at radius 1 is 1.15 bits per heavy atom. The summed E-state index contributed by atoms with van der Waals surface area (Å²) in [5, 5.41) is 9.82. The van der Waals surface area contributed by atoms with Crippen LogP contribution in [0.3, 0.4) is 0 Å². The van der Waals surface area contributed by atoms with Crippen molar-refractivity contribution in [2.24, 2.45) is 0 Å². The van der Waals surface area contributed by atoms with Crippen molar-refractivity contribution >= 4 is 17.2 Å². The van der Waals surface area contributed by atoms with E-state index in [2.05, 4.69) is 15.4 Å². The van der Waals surface area contributed by atoms with E-state index in [4.69, 9.17) is 13.9 Å². The first-order valence-electron chi connectivity index (χ1n) is 10.1. The fraction of sp³-hybridized carbons (Fsp3) is 0.217. The van der Waals surface area contributed by atoms with E-state index in [-0.39, 0.29) is 18.0 Å². The molecule has 1 aromatic carbocycles. The van der Waals surface area contributed by atoms with Gasteiger partial charge in [-0.2, -0.15) is 5.10 Å². The lowest BCUT2D eigenvalue weighted by atomic mass is 10.2. The largest absolute Gasteiger partial charge is 0.493 e. The second-order valence-electron chi connectivity index (χ2n) is 7.01. The molecule has 1 N–H and O–H groups in total. The molecule has 0 bridgehead atoms. The van der Waals surface area contributed by atoms with Crippen molar-refractivity contribution in [1.82, 2.24) is 20.1 Å². The van der Waals surface area contributed by atoms with Crippen LogP contribution < -0.4 is 20.3 Å². The fourth-order valence-electron chi connectivity index (χ4n) is 3.16. The lowest BCUT2D eigenvalue weighted by Crippen LogP contribution is -2.34. The number of thiazole rings is 1. The van der Waals surface area contributed by atoms with Crippen LogP contribution in [0.5, 0.6) is 11.5 Å². The third-order valence-electron chi connectivity index (χ3n) is 4.82. The molecule has 33 heavy (non-hydrogen) atoms. The number of carbonyl (C=O) groups is 1. The van der Waals surface area contributed by atoms with E-state index < -0.39 is 0 Å². The highest BCUT2D eigenvalue weighted by Gasteiger charge is 2.11. The Morgan fingerprint density at radius 3 is 2.76 bits per heavy atom. The molecule has 0 saturated heterocycles. The molecule has 9 nitrogen and oxygen atoms in total. The molecule has 0 unspecified atom stereocenters. The summed E-state index contributed by atoms with van der Waals surface area (Å²) in [7, 11) is 3.18. The van der Waals surface area contributed by atoms with Gasteiger partial charge in [0, 0.05) is 30.0 Å². The molecule has 0 radical (unpaired) electrons. The molecule has 4 rings (SSSR count). The maximum atomic E-state index is 12.3. The first kappa shape index (κ1) is 22.3. The van der Waals surface area contributed by atoms with E-state index in [1.807, 2.05) is 23.6 Å². The quantitative estimate of drug-likeness (QED) is 0.404. The molecule has 1 amide bonds. The van der Waals surface area contributed by atoms with Crippen LogP contribution in [0.4, 0.5) is 0 Å². The number of nitrogens with zero attached hydrogens (tertiary/aromatic N) is 3. The number of hydrogen-bond donors (Lipinski definition) is 1. The van der Waals surface area contributed by atoms with Crippen LogP contribution in [0.2, 0.25) is 0 Å². The Hall–Kier alpha value is -3.92. The molecule has 3 heterocycles. The number of nitrogens with one attached hydrogen (secondary N) is 1. The van der Waals surface area contributed by atoms with Crippen molar-refractivity contribution in [3.05, 3.63) is 70.2 Å². The van der Waals surface area contributed by atoms with Crippen LogP contribution in [-0.2, 0) is 17.8 Å². The predicted octanol–water partition coefficient (Wildman–Crippen LogP) is 3.00. The van der Waals surface area contributed by atoms with Gasteiger partial charge in [-0.05, 0) is 36.4 Å². The molecule has 0 spiro atoms. The average Bonchev–Trinajstić information content (AvgIpc) is 3.53. The maximum absolute atomic E-state index is 12.3. The number of amides is 1. The van der Waals surface area contributed by atoms with E-state index in [1.54, 1.807) is 32.4 Å². The van der Waals surface area contributed by atoms with Gasteiger partial charge in [-0.15, -0.1) is 11.3 Å². The first-order chi connectivity index (χ1) is 16.1. The number of methoxy groups -OCH3 is 2. The van der Waals surface area contributed by atoms with E-state index in [0.717, 1.165) is 20.9 Å². The molecular weight excluding hydrogens is 444 g/mol. The molecule has 170 valence electrons. The third-order valence-corrected chi connectivity index (χ3v) is 5.76. The number of hydrogen-bond acceptors (Lipinski definition) is 8. The molecule has 10 heteroatoms. The summed E-state index contributed by atoms with van der Waals surface area (Å²) < 4.78 is 17.0. The molecule has 0 aliphatic carbocycles. The molecule has 0 aliphatic heterocycles. The molecule has 4 aromatic rings. The molecule has 0 aliphatic rings. The van der Waals surface area contributed by atoms with Crippen LogP contribution in [0.25, 0.3) is 22.0 Å². The van der Waals surface area contributed by atoms with Crippen molar-refractivity contribution in [1.29, 1.82) is 0 Å². The van der Waals surface area contributed by atoms with Crippen molar-refractivity contribution in [3.8, 4) is 33.5 Å². The molecule has 3 aromatic heterocycles. The van der Waals surface area contributed by atoms with Gasteiger partial charge in [-0.25, -0.2) is 9.67 Å². The van der Waals surface area contributed by atoms with Gasteiger partial charge in [-0.3, -0.25) is 9.59 Å². The second kappa shape index (κ2) is 10.1. The number of ether oxygens (including phenoxy) is 2. The maximum Gasteiger partial charge on any atom is 0.267 e. The number of aromatic nitrogens is 3. The van der Waals surface area contributed by atoms with Gasteiger partial charge in [0.1, 0.15) is 17.2 Å². The summed E-state index contributed by atoms with van der Waals surface area (Å²) in [6.45, 7) is 0.210. The van der Waals surface area contributed by atoms with Crippen LogP contribution >= 0.6 is 11.3 Å². The fourth-order valence-corrected chi connectivity index (χ4v) is 4.01. The summed E-state index contributed by atoms with van der Waals surface area (Å²) >= 11 is 1.51. The van der Waals surface area contributed by atoms with Gasteiger partial charge >= 0.3 is 0 Å². The monoisotopic (exact) mass is 466 g/mol. The third kappa shape index (κ3) is 5.29. The Bertz CT molecular complexity index is 1300. The summed E-state index contributed by atoms with van der Waals surface area (Å²) in [6.07, 6.45) is 2.08. The highest BCUT2D eigenvalue weighted by atomic mass is 32.1. The molecule has 0 atom stereocenters. The number of benzene rings is 1. The van der Waals surface area contributed by atoms with Crippen molar-refractivity contribution in [3.63, 3.8) is 0 Å². The summed E-state index contributed by atoms with van der Waals surface area (Å²) in [5.41, 5.74) is 1.91. The smallest absolute Gasteiger partial charge is 0.267 e. The summed E-state index contributed by atoms with van der Waals surface area (Å²) in [5.74, 6) is 1.51. The summed E-state index contributed by atoms with van der Waals surface area (Å²) in [4.78, 5) is 29.0.